The van der Waals surface area contributed by atoms with Gasteiger partial charge in [0.05, 0.1) is 0 Å². The molecule has 1 aromatic carbocycles. The summed E-state index contributed by atoms with van der Waals surface area (Å²) in [6.07, 6.45) is 5.21. The van der Waals surface area contributed by atoms with Gasteiger partial charge in [-0.15, -0.1) is 0 Å². The van der Waals surface area contributed by atoms with E-state index in [-0.39, 0.29) is 0 Å². The summed E-state index contributed by atoms with van der Waals surface area (Å²) >= 11 is 3.53. The molecule has 14 heavy (non-hydrogen) atoms. The van der Waals surface area contributed by atoms with E-state index in [0.717, 1.165) is 6.04 Å². The first kappa shape index (κ1) is 8.93. The predicted octanol–water partition coefficient (Wildman–Crippen LogP) is 2.67. The smallest absolute Gasteiger partial charge is 0.0178 e. The second-order valence-corrected chi connectivity index (χ2v) is 5.37. The highest BCUT2D eigenvalue weighted by Crippen LogP contribution is 2.28. The van der Waals surface area contributed by atoms with E-state index in [2.05, 4.69) is 39.4 Å². The molecule has 2 aliphatic rings. The lowest BCUT2D eigenvalue weighted by atomic mass is 10.1. The van der Waals surface area contributed by atoms with Gasteiger partial charge in [0.15, 0.2) is 0 Å². The molecule has 1 fully saturated rings. The van der Waals surface area contributed by atoms with Crippen LogP contribution in [0.5, 0.6) is 0 Å². The zero-order valence-corrected chi connectivity index (χ0v) is 9.68. The molecule has 0 aromatic heterocycles. The molecule has 0 radical (unpaired) electrons. The molecule has 74 valence electrons. The van der Waals surface area contributed by atoms with Crippen LogP contribution in [0.2, 0.25) is 0 Å². The van der Waals surface area contributed by atoms with Gasteiger partial charge in [-0.3, -0.25) is 0 Å². The topological polar surface area (TPSA) is 12.0 Å². The zero-order chi connectivity index (χ0) is 9.54. The number of nitrogens with one attached hydrogen (secondary N) is 1. The van der Waals surface area contributed by atoms with Crippen molar-refractivity contribution in [3.05, 3.63) is 33.8 Å². The molecule has 0 heterocycles. The van der Waals surface area contributed by atoms with E-state index >= 15 is 0 Å². The summed E-state index contributed by atoms with van der Waals surface area (Å²) in [5.41, 5.74) is 3.06. The normalized spacial score (nSPS) is 25.1. The van der Waals surface area contributed by atoms with Crippen LogP contribution in [0.15, 0.2) is 22.7 Å². The van der Waals surface area contributed by atoms with Crippen molar-refractivity contribution in [2.45, 2.75) is 37.8 Å². The maximum atomic E-state index is 3.70. The van der Waals surface area contributed by atoms with E-state index in [1.54, 1.807) is 0 Å². The van der Waals surface area contributed by atoms with Crippen LogP contribution in [-0.2, 0) is 12.8 Å². The highest BCUT2D eigenvalue weighted by Gasteiger charge is 2.28. The third-order valence-corrected chi connectivity index (χ3v) is 3.64. The van der Waals surface area contributed by atoms with Crippen molar-refractivity contribution in [2.75, 3.05) is 0 Å². The third kappa shape index (κ3) is 1.73. The molecule has 1 atom stereocenters. The number of halogens is 1. The van der Waals surface area contributed by atoms with Crippen molar-refractivity contribution in [3.63, 3.8) is 0 Å². The first-order chi connectivity index (χ1) is 6.81. The Morgan fingerprint density at radius 3 is 2.64 bits per heavy atom. The molecule has 0 amide bonds. The van der Waals surface area contributed by atoms with Crippen molar-refractivity contribution < 1.29 is 0 Å². The van der Waals surface area contributed by atoms with E-state index in [0.29, 0.717) is 6.04 Å². The van der Waals surface area contributed by atoms with Gasteiger partial charge in [-0.25, -0.2) is 0 Å². The third-order valence-electron chi connectivity index (χ3n) is 3.15. The number of rotatable bonds is 2. The SMILES string of the molecule is Brc1ccc2c(c1)CC(NC1CC1)C2. The lowest BCUT2D eigenvalue weighted by molar-refractivity contribution is 0.530. The largest absolute Gasteiger partial charge is 0.311 e. The highest BCUT2D eigenvalue weighted by molar-refractivity contribution is 9.10. The van der Waals surface area contributed by atoms with Gasteiger partial charge in [0.25, 0.3) is 0 Å². The van der Waals surface area contributed by atoms with Crippen LogP contribution < -0.4 is 5.32 Å². The van der Waals surface area contributed by atoms with Crippen LogP contribution in [0.4, 0.5) is 0 Å². The summed E-state index contributed by atoms with van der Waals surface area (Å²) in [7, 11) is 0. The summed E-state index contributed by atoms with van der Waals surface area (Å²) in [4.78, 5) is 0. The average molecular weight is 252 g/mol. The van der Waals surface area contributed by atoms with Gasteiger partial charge in [-0.1, -0.05) is 22.0 Å². The maximum absolute atomic E-state index is 3.70. The average Bonchev–Trinajstić information content (AvgIpc) is 2.84. The standard InChI is InChI=1S/C12H14BrN/c13-10-2-1-8-6-12(7-9(8)5-10)14-11-3-4-11/h1-2,5,11-12,14H,3-4,6-7H2. The first-order valence-corrected chi connectivity index (χ1v) is 6.14. The quantitative estimate of drug-likeness (QED) is 0.853. The second-order valence-electron chi connectivity index (χ2n) is 4.46. The fourth-order valence-corrected chi connectivity index (χ4v) is 2.70. The minimum atomic E-state index is 0.701. The molecule has 0 bridgehead atoms. The van der Waals surface area contributed by atoms with E-state index in [4.69, 9.17) is 0 Å². The molecule has 2 aliphatic carbocycles. The van der Waals surface area contributed by atoms with Gasteiger partial charge in [0, 0.05) is 16.6 Å². The van der Waals surface area contributed by atoms with Crippen molar-refractivity contribution in [1.82, 2.24) is 5.32 Å². The summed E-state index contributed by atoms with van der Waals surface area (Å²) < 4.78 is 1.21. The lowest BCUT2D eigenvalue weighted by Gasteiger charge is -2.09. The molecule has 0 saturated heterocycles. The Morgan fingerprint density at radius 2 is 1.86 bits per heavy atom. The Bertz CT molecular complexity index is 357. The zero-order valence-electron chi connectivity index (χ0n) is 8.09. The van der Waals surface area contributed by atoms with Crippen molar-refractivity contribution in [2.24, 2.45) is 0 Å². The van der Waals surface area contributed by atoms with Gasteiger partial charge < -0.3 is 5.32 Å². The Balaban J connectivity index is 1.75. The molecule has 0 aliphatic heterocycles. The number of benzene rings is 1. The summed E-state index contributed by atoms with van der Waals surface area (Å²) in [5.74, 6) is 0. The highest BCUT2D eigenvalue weighted by atomic mass is 79.9. The molecule has 1 aromatic rings. The van der Waals surface area contributed by atoms with E-state index in [1.807, 2.05) is 0 Å². The number of fused-ring (bicyclic) bond motifs is 1. The van der Waals surface area contributed by atoms with Crippen LogP contribution in [0.3, 0.4) is 0 Å². The van der Waals surface area contributed by atoms with Gasteiger partial charge >= 0.3 is 0 Å². The Morgan fingerprint density at radius 1 is 1.07 bits per heavy atom. The van der Waals surface area contributed by atoms with Gasteiger partial charge in [0.2, 0.25) is 0 Å². The second kappa shape index (κ2) is 3.35. The lowest BCUT2D eigenvalue weighted by Crippen LogP contribution is -2.31. The Hall–Kier alpha value is -0.340. The molecule has 3 rings (SSSR count). The van der Waals surface area contributed by atoms with Gasteiger partial charge in [0.1, 0.15) is 0 Å². The molecule has 1 nitrogen and oxygen atoms in total. The van der Waals surface area contributed by atoms with Crippen LogP contribution in [-0.4, -0.2) is 12.1 Å². The minimum Gasteiger partial charge on any atom is -0.311 e. The van der Waals surface area contributed by atoms with Crippen LogP contribution in [0.1, 0.15) is 24.0 Å². The Labute approximate surface area is 93.0 Å². The molecule has 1 unspecified atom stereocenters. The first-order valence-electron chi connectivity index (χ1n) is 5.34. The maximum Gasteiger partial charge on any atom is 0.0178 e. The van der Waals surface area contributed by atoms with Crippen molar-refractivity contribution in [3.8, 4) is 0 Å². The minimum absolute atomic E-state index is 0.701. The van der Waals surface area contributed by atoms with Crippen LogP contribution >= 0.6 is 15.9 Å². The number of hydrogen-bond acceptors (Lipinski definition) is 1. The van der Waals surface area contributed by atoms with Crippen molar-refractivity contribution in [1.29, 1.82) is 0 Å². The fraction of sp³-hybridized carbons (Fsp3) is 0.500. The fourth-order valence-electron chi connectivity index (χ4n) is 2.29. The van der Waals surface area contributed by atoms with E-state index in [1.165, 1.54) is 41.3 Å². The Kier molecular flexibility index (Phi) is 2.14. The molecule has 2 heteroatoms. The monoisotopic (exact) mass is 251 g/mol. The summed E-state index contributed by atoms with van der Waals surface area (Å²) in [5, 5.41) is 3.70. The summed E-state index contributed by atoms with van der Waals surface area (Å²) in [6.45, 7) is 0. The molecule has 1 saturated carbocycles. The van der Waals surface area contributed by atoms with E-state index in [9.17, 15) is 0 Å². The predicted molar refractivity (Wildman–Crippen MR) is 61.5 cm³/mol. The molecule has 1 N–H and O–H groups in total. The van der Waals surface area contributed by atoms with E-state index < -0.39 is 0 Å². The van der Waals surface area contributed by atoms with Gasteiger partial charge in [-0.05, 0) is 48.9 Å². The van der Waals surface area contributed by atoms with Crippen LogP contribution in [0.25, 0.3) is 0 Å². The number of hydrogen-bond donors (Lipinski definition) is 1. The summed E-state index contributed by atoms with van der Waals surface area (Å²) in [6, 6.07) is 8.21. The van der Waals surface area contributed by atoms with Crippen molar-refractivity contribution >= 4 is 15.9 Å². The molecular formula is C12H14BrN. The molecular weight excluding hydrogens is 238 g/mol. The van der Waals surface area contributed by atoms with Gasteiger partial charge in [-0.2, -0.15) is 0 Å². The molecule has 0 spiro atoms. The van der Waals surface area contributed by atoms with Crippen LogP contribution in [0, 0.1) is 0 Å².